The van der Waals surface area contributed by atoms with Crippen LogP contribution in [0.25, 0.3) is 31.6 Å². The molecule has 0 bridgehead atoms. The van der Waals surface area contributed by atoms with Crippen LogP contribution in [0.5, 0.6) is 0 Å². The Morgan fingerprint density at radius 3 is 2.74 bits per heavy atom. The van der Waals surface area contributed by atoms with Gasteiger partial charge in [-0.3, -0.25) is 4.98 Å². The van der Waals surface area contributed by atoms with Gasteiger partial charge in [-0.15, -0.1) is 11.3 Å². The number of hydrogen-bond acceptors (Lipinski definition) is 3. The number of rotatable bonds is 1. The second-order valence-electron chi connectivity index (χ2n) is 4.39. The fourth-order valence-electron chi connectivity index (χ4n) is 2.27. The van der Waals surface area contributed by atoms with E-state index in [1.54, 1.807) is 17.5 Å². The number of benzene rings is 2. The number of nitrogens with zero attached hydrogens (tertiary/aromatic N) is 2. The maximum absolute atomic E-state index is 4.79. The van der Waals surface area contributed by atoms with E-state index in [1.165, 1.54) is 15.5 Å². The van der Waals surface area contributed by atoms with Crippen molar-refractivity contribution >= 4 is 32.3 Å². The Kier molecular flexibility index (Phi) is 2.32. The summed E-state index contributed by atoms with van der Waals surface area (Å²) in [4.78, 5) is 8.95. The van der Waals surface area contributed by atoms with Gasteiger partial charge >= 0.3 is 0 Å². The van der Waals surface area contributed by atoms with Gasteiger partial charge in [0, 0.05) is 23.3 Å². The summed E-state index contributed by atoms with van der Waals surface area (Å²) in [6.07, 6.45) is 3.64. The zero-order valence-electron chi connectivity index (χ0n) is 10.1. The molecule has 0 fully saturated rings. The Morgan fingerprint density at radius 2 is 1.84 bits per heavy atom. The topological polar surface area (TPSA) is 25.8 Å². The number of pyridine rings is 1. The lowest BCUT2D eigenvalue weighted by atomic mass is 10.1. The highest BCUT2D eigenvalue weighted by atomic mass is 32.1. The summed E-state index contributed by atoms with van der Waals surface area (Å²) in [7, 11) is 0. The minimum absolute atomic E-state index is 1.03. The van der Waals surface area contributed by atoms with E-state index in [4.69, 9.17) is 4.98 Å². The molecule has 2 nitrogen and oxygen atoms in total. The number of thiazole rings is 1. The Hall–Kier alpha value is -2.26. The second kappa shape index (κ2) is 4.14. The van der Waals surface area contributed by atoms with Crippen LogP contribution in [0.1, 0.15) is 0 Å². The van der Waals surface area contributed by atoms with Crippen molar-refractivity contribution in [3.05, 3.63) is 60.9 Å². The first-order chi connectivity index (χ1) is 9.42. The normalized spacial score (nSPS) is 11.2. The van der Waals surface area contributed by atoms with Crippen LogP contribution in [-0.2, 0) is 0 Å². The SMILES string of the molecule is c1cncc(-c2nc3c(ccc4ccccc43)s2)c1. The largest absolute Gasteiger partial charge is 0.264 e. The van der Waals surface area contributed by atoms with Gasteiger partial charge in [-0.1, -0.05) is 30.3 Å². The van der Waals surface area contributed by atoms with Gasteiger partial charge in [0.25, 0.3) is 0 Å². The summed E-state index contributed by atoms with van der Waals surface area (Å²) in [6, 6.07) is 16.7. The van der Waals surface area contributed by atoms with E-state index in [2.05, 4.69) is 41.4 Å². The monoisotopic (exact) mass is 262 g/mol. The van der Waals surface area contributed by atoms with Crippen LogP contribution >= 0.6 is 11.3 Å². The molecular weight excluding hydrogens is 252 g/mol. The highest BCUT2D eigenvalue weighted by Gasteiger charge is 2.08. The smallest absolute Gasteiger partial charge is 0.126 e. The van der Waals surface area contributed by atoms with Crippen molar-refractivity contribution in [2.24, 2.45) is 0 Å². The molecule has 0 spiro atoms. The minimum Gasteiger partial charge on any atom is -0.264 e. The molecule has 0 atom stereocenters. The molecule has 4 aromatic rings. The van der Waals surface area contributed by atoms with Crippen LogP contribution < -0.4 is 0 Å². The molecule has 0 amide bonds. The van der Waals surface area contributed by atoms with Gasteiger partial charge in [0.05, 0.1) is 10.2 Å². The molecule has 0 radical (unpaired) electrons. The Labute approximate surface area is 114 Å². The molecule has 90 valence electrons. The third-order valence-corrected chi connectivity index (χ3v) is 4.26. The summed E-state index contributed by atoms with van der Waals surface area (Å²) in [5, 5.41) is 3.48. The first-order valence-corrected chi connectivity index (χ1v) is 6.92. The highest BCUT2D eigenvalue weighted by molar-refractivity contribution is 7.21. The highest BCUT2D eigenvalue weighted by Crippen LogP contribution is 2.33. The van der Waals surface area contributed by atoms with Crippen LogP contribution in [0.2, 0.25) is 0 Å². The molecule has 2 heterocycles. The van der Waals surface area contributed by atoms with Gasteiger partial charge in [-0.25, -0.2) is 4.98 Å². The van der Waals surface area contributed by atoms with E-state index in [-0.39, 0.29) is 0 Å². The van der Waals surface area contributed by atoms with Crippen LogP contribution in [0.4, 0.5) is 0 Å². The summed E-state index contributed by atoms with van der Waals surface area (Å²) in [6.45, 7) is 0. The van der Waals surface area contributed by atoms with E-state index in [9.17, 15) is 0 Å². The van der Waals surface area contributed by atoms with Gasteiger partial charge in [-0.05, 0) is 23.6 Å². The van der Waals surface area contributed by atoms with Crippen molar-refractivity contribution in [3.8, 4) is 10.6 Å². The molecule has 2 aromatic heterocycles. The van der Waals surface area contributed by atoms with E-state index >= 15 is 0 Å². The molecule has 0 aliphatic rings. The molecule has 0 unspecified atom stereocenters. The molecule has 4 rings (SSSR count). The maximum atomic E-state index is 4.79. The lowest BCUT2D eigenvalue weighted by Gasteiger charge is -1.96. The fraction of sp³-hybridized carbons (Fsp3) is 0. The van der Waals surface area contributed by atoms with Crippen molar-refractivity contribution in [2.45, 2.75) is 0 Å². The summed E-state index contributed by atoms with van der Waals surface area (Å²) in [5.74, 6) is 0. The first kappa shape index (κ1) is 10.6. The van der Waals surface area contributed by atoms with Gasteiger partial charge in [0.1, 0.15) is 5.01 Å². The third-order valence-electron chi connectivity index (χ3n) is 3.19. The molecular formula is C16H10N2S. The van der Waals surface area contributed by atoms with Gasteiger partial charge in [-0.2, -0.15) is 0 Å². The molecule has 0 aliphatic carbocycles. The number of aromatic nitrogens is 2. The molecule has 3 heteroatoms. The van der Waals surface area contributed by atoms with Crippen LogP contribution in [-0.4, -0.2) is 9.97 Å². The second-order valence-corrected chi connectivity index (χ2v) is 5.42. The standard InChI is InChI=1S/C16H10N2S/c1-2-6-13-11(4-1)7-8-14-15(13)18-16(19-14)12-5-3-9-17-10-12/h1-10H. The van der Waals surface area contributed by atoms with Crippen LogP contribution in [0.3, 0.4) is 0 Å². The Morgan fingerprint density at radius 1 is 0.895 bits per heavy atom. The average molecular weight is 262 g/mol. The van der Waals surface area contributed by atoms with E-state index in [1.807, 2.05) is 18.3 Å². The van der Waals surface area contributed by atoms with Crippen molar-refractivity contribution in [2.75, 3.05) is 0 Å². The molecule has 0 saturated carbocycles. The summed E-state index contributed by atoms with van der Waals surface area (Å²) in [5.41, 5.74) is 2.16. The van der Waals surface area contributed by atoms with Gasteiger partial charge in [0.15, 0.2) is 0 Å². The van der Waals surface area contributed by atoms with E-state index in [0.717, 1.165) is 16.1 Å². The molecule has 19 heavy (non-hydrogen) atoms. The Balaban J connectivity index is 2.04. The molecule has 2 aromatic carbocycles. The van der Waals surface area contributed by atoms with Crippen molar-refractivity contribution in [1.29, 1.82) is 0 Å². The molecule has 0 aliphatic heterocycles. The lowest BCUT2D eigenvalue weighted by molar-refractivity contribution is 1.32. The summed E-state index contributed by atoms with van der Waals surface area (Å²) < 4.78 is 1.22. The Bertz CT molecular complexity index is 866. The van der Waals surface area contributed by atoms with Gasteiger partial charge < -0.3 is 0 Å². The van der Waals surface area contributed by atoms with Gasteiger partial charge in [0.2, 0.25) is 0 Å². The quantitative estimate of drug-likeness (QED) is 0.504. The number of hydrogen-bond donors (Lipinski definition) is 0. The van der Waals surface area contributed by atoms with Crippen molar-refractivity contribution in [3.63, 3.8) is 0 Å². The van der Waals surface area contributed by atoms with E-state index < -0.39 is 0 Å². The predicted molar refractivity (Wildman–Crippen MR) is 80.4 cm³/mol. The zero-order valence-corrected chi connectivity index (χ0v) is 10.9. The predicted octanol–water partition coefficient (Wildman–Crippen LogP) is 4.51. The van der Waals surface area contributed by atoms with Crippen LogP contribution in [0, 0.1) is 0 Å². The van der Waals surface area contributed by atoms with Crippen LogP contribution in [0.15, 0.2) is 60.9 Å². The maximum Gasteiger partial charge on any atom is 0.126 e. The fourth-order valence-corrected chi connectivity index (χ4v) is 3.25. The first-order valence-electron chi connectivity index (χ1n) is 6.10. The third kappa shape index (κ3) is 1.71. The van der Waals surface area contributed by atoms with Crippen molar-refractivity contribution in [1.82, 2.24) is 9.97 Å². The molecule has 0 saturated heterocycles. The zero-order chi connectivity index (χ0) is 12.7. The number of fused-ring (bicyclic) bond motifs is 3. The van der Waals surface area contributed by atoms with Crippen molar-refractivity contribution < 1.29 is 0 Å². The molecule has 0 N–H and O–H groups in total. The lowest BCUT2D eigenvalue weighted by Crippen LogP contribution is -1.78. The summed E-state index contributed by atoms with van der Waals surface area (Å²) >= 11 is 1.71. The minimum atomic E-state index is 1.03. The average Bonchev–Trinajstić information content (AvgIpc) is 2.93. The van der Waals surface area contributed by atoms with E-state index in [0.29, 0.717) is 0 Å².